The van der Waals surface area contributed by atoms with Crippen LogP contribution in [0.3, 0.4) is 0 Å². The Labute approximate surface area is 104 Å². The first-order valence-electron chi connectivity index (χ1n) is 5.86. The van der Waals surface area contributed by atoms with Crippen LogP contribution in [-0.4, -0.2) is 17.0 Å². The highest BCUT2D eigenvalue weighted by molar-refractivity contribution is 5.85. The van der Waals surface area contributed by atoms with Gasteiger partial charge in [-0.25, -0.2) is 0 Å². The molecule has 0 aromatic carbocycles. The molecule has 0 spiro atoms. The fraction of sp³-hybridized carbons (Fsp3) is 0.385. The fourth-order valence-corrected chi connectivity index (χ4v) is 2.10. The van der Waals surface area contributed by atoms with Crippen molar-refractivity contribution in [3.05, 3.63) is 36.3 Å². The highest BCUT2D eigenvalue weighted by Gasteiger charge is 2.33. The van der Waals surface area contributed by atoms with Gasteiger partial charge in [0.05, 0.1) is 24.6 Å². The van der Waals surface area contributed by atoms with Crippen LogP contribution in [0.1, 0.15) is 18.6 Å². The molecular weight excluding hydrogens is 234 g/mol. The van der Waals surface area contributed by atoms with Gasteiger partial charge in [0.2, 0.25) is 5.91 Å². The van der Waals surface area contributed by atoms with Crippen LogP contribution in [0.5, 0.6) is 0 Å². The Morgan fingerprint density at radius 3 is 2.67 bits per heavy atom. The summed E-state index contributed by atoms with van der Waals surface area (Å²) >= 11 is 0. The van der Waals surface area contributed by atoms with Crippen LogP contribution in [0.25, 0.3) is 0 Å². The first kappa shape index (κ1) is 12.4. The second-order valence-electron chi connectivity index (χ2n) is 4.29. The Morgan fingerprint density at radius 1 is 1.33 bits per heavy atom. The average molecular weight is 249 g/mol. The van der Waals surface area contributed by atoms with Crippen molar-refractivity contribution >= 4 is 11.9 Å². The van der Waals surface area contributed by atoms with E-state index in [2.05, 4.69) is 5.32 Å². The van der Waals surface area contributed by atoms with Crippen molar-refractivity contribution in [3.8, 4) is 0 Å². The zero-order valence-electron chi connectivity index (χ0n) is 9.83. The molecular formula is C13H15NO4. The van der Waals surface area contributed by atoms with Gasteiger partial charge in [-0.3, -0.25) is 9.59 Å². The highest BCUT2D eigenvalue weighted by Crippen LogP contribution is 2.26. The minimum atomic E-state index is -0.919. The number of carbonyl (C=O) groups is 2. The summed E-state index contributed by atoms with van der Waals surface area (Å²) in [5.74, 6) is -1.63. The van der Waals surface area contributed by atoms with Crippen LogP contribution in [0.4, 0.5) is 0 Å². The largest absolute Gasteiger partial charge is 0.481 e. The van der Waals surface area contributed by atoms with Gasteiger partial charge in [0.15, 0.2) is 0 Å². The van der Waals surface area contributed by atoms with Crippen LogP contribution >= 0.6 is 0 Å². The topological polar surface area (TPSA) is 79.5 Å². The third kappa shape index (κ3) is 2.80. The van der Waals surface area contributed by atoms with Crippen LogP contribution in [0.15, 0.2) is 35.0 Å². The lowest BCUT2D eigenvalue weighted by Gasteiger charge is -2.23. The molecule has 0 unspecified atom stereocenters. The second-order valence-corrected chi connectivity index (χ2v) is 4.29. The number of amides is 1. The highest BCUT2D eigenvalue weighted by atomic mass is 16.4. The first-order chi connectivity index (χ1) is 8.68. The van der Waals surface area contributed by atoms with Gasteiger partial charge in [0.1, 0.15) is 5.76 Å². The summed E-state index contributed by atoms with van der Waals surface area (Å²) in [5.41, 5.74) is 0. The standard InChI is InChI=1S/C13H15NO4/c15-12(14-8-9-4-3-7-18-9)10-5-1-2-6-11(10)13(16)17/h1-4,7,10-11H,5-6,8H2,(H,14,15)(H,16,17)/t10-,11-/m0/s1. The van der Waals surface area contributed by atoms with Crippen molar-refractivity contribution in [1.29, 1.82) is 0 Å². The van der Waals surface area contributed by atoms with Gasteiger partial charge in [-0.05, 0) is 25.0 Å². The van der Waals surface area contributed by atoms with Gasteiger partial charge in [-0.1, -0.05) is 12.2 Å². The Balaban J connectivity index is 1.94. The third-order valence-corrected chi connectivity index (χ3v) is 3.10. The molecule has 1 heterocycles. The normalized spacial score (nSPS) is 22.7. The molecule has 1 amide bonds. The number of hydrogen-bond donors (Lipinski definition) is 2. The van der Waals surface area contributed by atoms with E-state index in [-0.39, 0.29) is 5.91 Å². The van der Waals surface area contributed by atoms with Crippen molar-refractivity contribution in [3.63, 3.8) is 0 Å². The van der Waals surface area contributed by atoms with Crippen LogP contribution in [0.2, 0.25) is 0 Å². The van der Waals surface area contributed by atoms with E-state index in [1.165, 1.54) is 6.26 Å². The lowest BCUT2D eigenvalue weighted by atomic mass is 9.82. The van der Waals surface area contributed by atoms with Gasteiger partial charge < -0.3 is 14.8 Å². The zero-order valence-corrected chi connectivity index (χ0v) is 9.83. The van der Waals surface area contributed by atoms with E-state index in [1.54, 1.807) is 12.1 Å². The monoisotopic (exact) mass is 249 g/mol. The Hall–Kier alpha value is -2.04. The summed E-state index contributed by atoms with van der Waals surface area (Å²) in [7, 11) is 0. The number of rotatable bonds is 4. The van der Waals surface area contributed by atoms with Crippen LogP contribution < -0.4 is 5.32 Å². The number of carbonyl (C=O) groups excluding carboxylic acids is 1. The molecule has 0 aliphatic heterocycles. The van der Waals surface area contributed by atoms with Crippen molar-refractivity contribution in [2.75, 3.05) is 0 Å². The third-order valence-electron chi connectivity index (χ3n) is 3.10. The van der Waals surface area contributed by atoms with Crippen molar-refractivity contribution in [2.45, 2.75) is 19.4 Å². The Kier molecular flexibility index (Phi) is 3.82. The quantitative estimate of drug-likeness (QED) is 0.794. The summed E-state index contributed by atoms with van der Waals surface area (Å²) in [6, 6.07) is 3.50. The molecule has 2 rings (SSSR count). The summed E-state index contributed by atoms with van der Waals surface area (Å²) in [4.78, 5) is 23.0. The van der Waals surface area contributed by atoms with Gasteiger partial charge in [-0.2, -0.15) is 0 Å². The molecule has 5 nitrogen and oxygen atoms in total. The molecule has 5 heteroatoms. The number of furan rings is 1. The molecule has 1 aromatic rings. The molecule has 0 radical (unpaired) electrons. The predicted molar refractivity (Wildman–Crippen MR) is 63.5 cm³/mol. The second kappa shape index (κ2) is 5.53. The SMILES string of the molecule is O=C(O)[C@H]1CC=CC[C@@H]1C(=O)NCc1ccco1. The molecule has 18 heavy (non-hydrogen) atoms. The number of nitrogens with one attached hydrogen (secondary N) is 1. The number of carboxylic acid groups (broad SMARTS) is 1. The number of allylic oxidation sites excluding steroid dienone is 2. The number of aliphatic carboxylic acids is 1. The summed E-state index contributed by atoms with van der Waals surface area (Å²) < 4.78 is 5.10. The molecule has 2 N–H and O–H groups in total. The van der Waals surface area contributed by atoms with Gasteiger partial charge in [0.25, 0.3) is 0 Å². The maximum atomic E-state index is 12.0. The molecule has 1 aromatic heterocycles. The maximum Gasteiger partial charge on any atom is 0.307 e. The van der Waals surface area contributed by atoms with E-state index in [9.17, 15) is 9.59 Å². The Bertz CT molecular complexity index is 450. The molecule has 0 saturated carbocycles. The molecule has 1 aliphatic rings. The van der Waals surface area contributed by atoms with Gasteiger partial charge >= 0.3 is 5.97 Å². The van der Waals surface area contributed by atoms with E-state index in [1.807, 2.05) is 12.2 Å². The minimum absolute atomic E-state index is 0.233. The lowest BCUT2D eigenvalue weighted by Crippen LogP contribution is -2.38. The number of carboxylic acids is 1. The van der Waals surface area contributed by atoms with E-state index in [0.717, 1.165) is 0 Å². The average Bonchev–Trinajstić information content (AvgIpc) is 2.89. The molecule has 0 bridgehead atoms. The summed E-state index contributed by atoms with van der Waals surface area (Å²) in [5, 5.41) is 11.8. The van der Waals surface area contributed by atoms with Crippen molar-refractivity contribution in [2.24, 2.45) is 11.8 Å². The summed E-state index contributed by atoms with van der Waals surface area (Å²) in [6.45, 7) is 0.290. The van der Waals surface area contributed by atoms with E-state index in [0.29, 0.717) is 25.1 Å². The first-order valence-corrected chi connectivity index (χ1v) is 5.86. The maximum absolute atomic E-state index is 12.0. The number of hydrogen-bond acceptors (Lipinski definition) is 3. The lowest BCUT2D eigenvalue weighted by molar-refractivity contribution is -0.147. The van der Waals surface area contributed by atoms with E-state index in [4.69, 9.17) is 9.52 Å². The van der Waals surface area contributed by atoms with Crippen LogP contribution in [0, 0.1) is 11.8 Å². The van der Waals surface area contributed by atoms with Crippen molar-refractivity contribution < 1.29 is 19.1 Å². The smallest absolute Gasteiger partial charge is 0.307 e. The predicted octanol–water partition coefficient (Wildman–Crippen LogP) is 1.56. The van der Waals surface area contributed by atoms with E-state index < -0.39 is 17.8 Å². The minimum Gasteiger partial charge on any atom is -0.481 e. The fourth-order valence-electron chi connectivity index (χ4n) is 2.10. The molecule has 1 aliphatic carbocycles. The Morgan fingerprint density at radius 2 is 2.06 bits per heavy atom. The molecule has 2 atom stereocenters. The molecule has 0 saturated heterocycles. The zero-order chi connectivity index (χ0) is 13.0. The van der Waals surface area contributed by atoms with Crippen molar-refractivity contribution in [1.82, 2.24) is 5.32 Å². The van der Waals surface area contributed by atoms with Gasteiger partial charge in [0, 0.05) is 0 Å². The van der Waals surface area contributed by atoms with Crippen LogP contribution in [-0.2, 0) is 16.1 Å². The van der Waals surface area contributed by atoms with Gasteiger partial charge in [-0.15, -0.1) is 0 Å². The molecule has 0 fully saturated rings. The summed E-state index contributed by atoms with van der Waals surface area (Å²) in [6.07, 6.45) is 6.09. The molecule has 96 valence electrons. The van der Waals surface area contributed by atoms with E-state index >= 15 is 0 Å².